The van der Waals surface area contributed by atoms with Crippen LogP contribution in [-0.4, -0.2) is 24.2 Å². The van der Waals surface area contributed by atoms with Gasteiger partial charge in [0.05, 0.1) is 0 Å². The van der Waals surface area contributed by atoms with Crippen molar-refractivity contribution in [3.8, 4) is 0 Å². The number of nitrogens with zero attached hydrogens (tertiary/aromatic N) is 1. The Labute approximate surface area is 112 Å². The maximum atomic E-state index is 10.9. The summed E-state index contributed by atoms with van der Waals surface area (Å²) in [4.78, 5) is 13.7. The second-order valence-electron chi connectivity index (χ2n) is 5.05. The van der Waals surface area contributed by atoms with Crippen molar-refractivity contribution in [1.82, 2.24) is 0 Å². The van der Waals surface area contributed by atoms with Crippen molar-refractivity contribution >= 4 is 23.0 Å². The molecule has 0 amide bonds. The molecule has 3 nitrogen and oxygen atoms in total. The van der Waals surface area contributed by atoms with Gasteiger partial charge in [0.25, 0.3) is 0 Å². The molecular weight excluding hydrogens is 246 g/mol. The Morgan fingerprint density at radius 2 is 2.33 bits per heavy atom. The van der Waals surface area contributed by atoms with E-state index >= 15 is 0 Å². The standard InChI is InChI=1S/C14H21NO2S/c1-2-4-11-5-3-7-15(8-6-11)12-9-13(14(16)17)18-10-12/h9-11H,2-8H2,1H3,(H,16,17). The second kappa shape index (κ2) is 6.23. The predicted octanol–water partition coefficient (Wildman–Crippen LogP) is 3.85. The highest BCUT2D eigenvalue weighted by molar-refractivity contribution is 7.12. The van der Waals surface area contributed by atoms with Crippen LogP contribution in [0.1, 0.15) is 48.7 Å². The van der Waals surface area contributed by atoms with Crippen LogP contribution < -0.4 is 4.90 Å². The van der Waals surface area contributed by atoms with Gasteiger partial charge < -0.3 is 10.0 Å². The summed E-state index contributed by atoms with van der Waals surface area (Å²) in [5.74, 6) is 0.0440. The Balaban J connectivity index is 1.98. The molecule has 100 valence electrons. The SMILES string of the molecule is CCCC1CCCN(c2csc(C(=O)O)c2)CC1. The van der Waals surface area contributed by atoms with Gasteiger partial charge in [0.1, 0.15) is 4.88 Å². The number of carboxylic acids is 1. The summed E-state index contributed by atoms with van der Waals surface area (Å²) in [6.07, 6.45) is 6.39. The smallest absolute Gasteiger partial charge is 0.345 e. The van der Waals surface area contributed by atoms with Crippen molar-refractivity contribution in [2.75, 3.05) is 18.0 Å². The van der Waals surface area contributed by atoms with E-state index in [1.54, 1.807) is 0 Å². The van der Waals surface area contributed by atoms with Gasteiger partial charge in [-0.3, -0.25) is 0 Å². The van der Waals surface area contributed by atoms with Gasteiger partial charge in [-0.15, -0.1) is 11.3 Å². The van der Waals surface area contributed by atoms with Crippen LogP contribution in [-0.2, 0) is 0 Å². The van der Waals surface area contributed by atoms with Gasteiger partial charge in [0.2, 0.25) is 0 Å². The normalized spacial score (nSPS) is 20.7. The van der Waals surface area contributed by atoms with E-state index in [9.17, 15) is 4.79 Å². The molecule has 0 radical (unpaired) electrons. The molecule has 1 atom stereocenters. The number of aromatic carboxylic acids is 1. The molecular formula is C14H21NO2S. The molecule has 1 fully saturated rings. The summed E-state index contributed by atoms with van der Waals surface area (Å²) in [6, 6.07) is 1.81. The fourth-order valence-electron chi connectivity index (χ4n) is 2.72. The minimum atomic E-state index is -0.815. The topological polar surface area (TPSA) is 40.5 Å². The first-order chi connectivity index (χ1) is 8.70. The lowest BCUT2D eigenvalue weighted by molar-refractivity contribution is 0.0702. The molecule has 1 aliphatic heterocycles. The molecule has 4 heteroatoms. The molecule has 1 aromatic rings. The zero-order valence-electron chi connectivity index (χ0n) is 10.9. The lowest BCUT2D eigenvalue weighted by atomic mass is 9.96. The van der Waals surface area contributed by atoms with Crippen LogP contribution in [0.4, 0.5) is 5.69 Å². The molecule has 1 N–H and O–H groups in total. The first-order valence-corrected chi connectivity index (χ1v) is 7.65. The molecule has 0 spiro atoms. The molecule has 2 heterocycles. The van der Waals surface area contributed by atoms with Gasteiger partial charge in [0, 0.05) is 24.2 Å². The Bertz CT molecular complexity index is 402. The van der Waals surface area contributed by atoms with E-state index in [1.165, 1.54) is 43.4 Å². The number of hydrogen-bond acceptors (Lipinski definition) is 3. The van der Waals surface area contributed by atoms with Crippen LogP contribution in [0.2, 0.25) is 0 Å². The van der Waals surface area contributed by atoms with Crippen LogP contribution >= 0.6 is 11.3 Å². The molecule has 0 aliphatic carbocycles. The summed E-state index contributed by atoms with van der Waals surface area (Å²) in [5, 5.41) is 10.9. The molecule has 18 heavy (non-hydrogen) atoms. The monoisotopic (exact) mass is 267 g/mol. The minimum Gasteiger partial charge on any atom is -0.477 e. The Hall–Kier alpha value is -1.03. The summed E-state index contributed by atoms with van der Waals surface area (Å²) in [5.41, 5.74) is 1.09. The van der Waals surface area contributed by atoms with Crippen molar-refractivity contribution in [2.45, 2.75) is 39.0 Å². The van der Waals surface area contributed by atoms with E-state index in [4.69, 9.17) is 5.11 Å². The maximum Gasteiger partial charge on any atom is 0.345 e. The molecule has 2 rings (SSSR count). The molecule has 0 bridgehead atoms. The summed E-state index contributed by atoms with van der Waals surface area (Å²) in [6.45, 7) is 4.39. The van der Waals surface area contributed by atoms with E-state index in [0.717, 1.165) is 24.7 Å². The van der Waals surface area contributed by atoms with E-state index < -0.39 is 5.97 Å². The summed E-state index contributed by atoms with van der Waals surface area (Å²) in [7, 11) is 0. The van der Waals surface area contributed by atoms with Crippen molar-refractivity contribution in [3.05, 3.63) is 16.3 Å². The Morgan fingerprint density at radius 3 is 3.00 bits per heavy atom. The highest BCUT2D eigenvalue weighted by atomic mass is 32.1. The Morgan fingerprint density at radius 1 is 1.50 bits per heavy atom. The highest BCUT2D eigenvalue weighted by Gasteiger charge is 2.18. The van der Waals surface area contributed by atoms with Crippen LogP contribution in [0.15, 0.2) is 11.4 Å². The van der Waals surface area contributed by atoms with E-state index in [2.05, 4.69) is 11.8 Å². The summed E-state index contributed by atoms with van der Waals surface area (Å²) < 4.78 is 0. The van der Waals surface area contributed by atoms with Crippen LogP contribution in [0, 0.1) is 5.92 Å². The number of carboxylic acid groups (broad SMARTS) is 1. The first kappa shape index (κ1) is 13.4. The average Bonchev–Trinajstić information content (AvgIpc) is 2.72. The van der Waals surface area contributed by atoms with Gasteiger partial charge in [-0.1, -0.05) is 19.8 Å². The zero-order chi connectivity index (χ0) is 13.0. The molecule has 1 aromatic heterocycles. The number of hydrogen-bond donors (Lipinski definition) is 1. The third kappa shape index (κ3) is 3.25. The first-order valence-electron chi connectivity index (χ1n) is 6.77. The maximum absolute atomic E-state index is 10.9. The van der Waals surface area contributed by atoms with Crippen LogP contribution in [0.25, 0.3) is 0 Å². The quantitative estimate of drug-likeness (QED) is 0.900. The second-order valence-corrected chi connectivity index (χ2v) is 5.96. The van der Waals surface area contributed by atoms with Crippen molar-refractivity contribution < 1.29 is 9.90 Å². The van der Waals surface area contributed by atoms with E-state index in [-0.39, 0.29) is 0 Å². The highest BCUT2D eigenvalue weighted by Crippen LogP contribution is 2.28. The van der Waals surface area contributed by atoms with Gasteiger partial charge in [-0.05, 0) is 31.2 Å². The van der Waals surface area contributed by atoms with Crippen molar-refractivity contribution in [2.24, 2.45) is 5.92 Å². The van der Waals surface area contributed by atoms with Gasteiger partial charge >= 0.3 is 5.97 Å². The van der Waals surface area contributed by atoms with Gasteiger partial charge in [0.15, 0.2) is 0 Å². The minimum absolute atomic E-state index is 0.444. The van der Waals surface area contributed by atoms with Crippen molar-refractivity contribution in [3.63, 3.8) is 0 Å². The largest absolute Gasteiger partial charge is 0.477 e. The number of thiophene rings is 1. The lowest BCUT2D eigenvalue weighted by Crippen LogP contribution is -2.23. The average molecular weight is 267 g/mol. The van der Waals surface area contributed by atoms with Crippen LogP contribution in [0.5, 0.6) is 0 Å². The molecule has 0 aromatic carbocycles. The number of anilines is 1. The molecule has 0 saturated carbocycles. The number of rotatable bonds is 4. The lowest BCUT2D eigenvalue weighted by Gasteiger charge is -2.21. The van der Waals surface area contributed by atoms with Gasteiger partial charge in [-0.2, -0.15) is 0 Å². The van der Waals surface area contributed by atoms with E-state index in [0.29, 0.717) is 4.88 Å². The molecule has 1 unspecified atom stereocenters. The predicted molar refractivity (Wildman–Crippen MR) is 75.7 cm³/mol. The van der Waals surface area contributed by atoms with E-state index in [1.807, 2.05) is 11.4 Å². The molecule has 1 aliphatic rings. The third-order valence-electron chi connectivity index (χ3n) is 3.71. The fourth-order valence-corrected chi connectivity index (χ4v) is 3.48. The van der Waals surface area contributed by atoms with Gasteiger partial charge in [-0.25, -0.2) is 4.79 Å². The zero-order valence-corrected chi connectivity index (χ0v) is 11.7. The van der Waals surface area contributed by atoms with Crippen LogP contribution in [0.3, 0.4) is 0 Å². The fraction of sp³-hybridized carbons (Fsp3) is 0.643. The summed E-state index contributed by atoms with van der Waals surface area (Å²) >= 11 is 1.33. The Kier molecular flexibility index (Phi) is 4.64. The molecule has 1 saturated heterocycles. The number of carbonyl (C=O) groups is 1. The van der Waals surface area contributed by atoms with Crippen molar-refractivity contribution in [1.29, 1.82) is 0 Å². The third-order valence-corrected chi connectivity index (χ3v) is 4.61.